The van der Waals surface area contributed by atoms with Crippen LogP contribution in [0.25, 0.3) is 0 Å². The van der Waals surface area contributed by atoms with Crippen LogP contribution in [0.1, 0.15) is 12.8 Å². The second kappa shape index (κ2) is 4.96. The number of anilines is 1. The van der Waals surface area contributed by atoms with Crippen LogP contribution in [-0.4, -0.2) is 42.1 Å². The lowest BCUT2D eigenvalue weighted by atomic mass is 9.92. The number of piperidine rings is 1. The predicted octanol–water partition coefficient (Wildman–Crippen LogP) is 0.962. The van der Waals surface area contributed by atoms with Crippen LogP contribution >= 0.6 is 15.9 Å². The number of nitrogens with zero attached hydrogens (tertiary/aromatic N) is 3. The van der Waals surface area contributed by atoms with Gasteiger partial charge in [0.2, 0.25) is 17.7 Å². The molecule has 1 amide bonds. The van der Waals surface area contributed by atoms with E-state index >= 15 is 0 Å². The molecule has 19 heavy (non-hydrogen) atoms. The summed E-state index contributed by atoms with van der Waals surface area (Å²) in [7, 11) is 1.58. The van der Waals surface area contributed by atoms with Gasteiger partial charge >= 0.3 is 0 Å². The number of fused-ring (bicyclic) bond motifs is 1. The average Bonchev–Trinajstić information content (AvgIpc) is 2.81. The summed E-state index contributed by atoms with van der Waals surface area (Å²) in [6, 6.07) is 0.159. The van der Waals surface area contributed by atoms with Gasteiger partial charge in [0.1, 0.15) is 0 Å². The molecular weight excluding hydrogens is 312 g/mol. The van der Waals surface area contributed by atoms with Gasteiger partial charge in [-0.3, -0.25) is 4.79 Å². The Bertz CT molecular complexity index is 511. The summed E-state index contributed by atoms with van der Waals surface area (Å²) in [6.45, 7) is 1.55. The predicted molar refractivity (Wildman–Crippen MR) is 73.2 cm³/mol. The van der Waals surface area contributed by atoms with E-state index in [1.54, 1.807) is 13.3 Å². The molecule has 1 aromatic heterocycles. The number of ether oxygens (including phenoxy) is 1. The van der Waals surface area contributed by atoms with Crippen molar-refractivity contribution in [1.82, 2.24) is 15.3 Å². The van der Waals surface area contributed by atoms with Gasteiger partial charge in [-0.15, -0.1) is 0 Å². The SMILES string of the molecule is COc1nc(N2CCC[C@H]3C(=O)NC[C@H]32)ncc1Br. The van der Waals surface area contributed by atoms with Gasteiger partial charge < -0.3 is 15.0 Å². The van der Waals surface area contributed by atoms with E-state index in [4.69, 9.17) is 4.74 Å². The number of amides is 1. The number of halogens is 1. The van der Waals surface area contributed by atoms with E-state index in [-0.39, 0.29) is 17.9 Å². The first-order valence-corrected chi connectivity index (χ1v) is 7.11. The third-order valence-corrected chi connectivity index (χ3v) is 4.29. The number of aromatic nitrogens is 2. The Morgan fingerprint density at radius 3 is 3.21 bits per heavy atom. The first kappa shape index (κ1) is 12.7. The summed E-state index contributed by atoms with van der Waals surface area (Å²) in [6.07, 6.45) is 3.62. The lowest BCUT2D eigenvalue weighted by Gasteiger charge is -2.35. The Hall–Kier alpha value is -1.37. The molecule has 0 aromatic carbocycles. The number of rotatable bonds is 2. The van der Waals surface area contributed by atoms with Crippen LogP contribution in [0.4, 0.5) is 5.95 Å². The molecule has 0 saturated carbocycles. The zero-order valence-corrected chi connectivity index (χ0v) is 12.2. The number of carbonyl (C=O) groups excluding carboxylic acids is 1. The Morgan fingerprint density at radius 1 is 1.58 bits per heavy atom. The summed E-state index contributed by atoms with van der Waals surface area (Å²) in [5.41, 5.74) is 0. The van der Waals surface area contributed by atoms with Crippen molar-refractivity contribution in [2.45, 2.75) is 18.9 Å². The smallest absolute Gasteiger partial charge is 0.232 e. The van der Waals surface area contributed by atoms with Crippen molar-refractivity contribution in [1.29, 1.82) is 0 Å². The van der Waals surface area contributed by atoms with Crippen molar-refractivity contribution in [3.63, 3.8) is 0 Å². The standard InChI is InChI=1S/C12H15BrN4O2/c1-19-11-8(13)5-15-12(16-11)17-4-2-3-7-9(17)6-14-10(7)18/h5,7,9H,2-4,6H2,1H3,(H,14,18)/t7-,9-/m1/s1. The second-order valence-corrected chi connectivity index (χ2v) is 5.64. The summed E-state index contributed by atoms with van der Waals surface area (Å²) >= 11 is 3.35. The molecule has 2 saturated heterocycles. The topological polar surface area (TPSA) is 67.3 Å². The number of hydrogen-bond donors (Lipinski definition) is 1. The highest BCUT2D eigenvalue weighted by atomic mass is 79.9. The van der Waals surface area contributed by atoms with Gasteiger partial charge in [0.25, 0.3) is 0 Å². The van der Waals surface area contributed by atoms with E-state index in [0.717, 1.165) is 23.9 Å². The largest absolute Gasteiger partial charge is 0.480 e. The van der Waals surface area contributed by atoms with Crippen molar-refractivity contribution in [3.8, 4) is 5.88 Å². The average molecular weight is 327 g/mol. The molecule has 3 rings (SSSR count). The van der Waals surface area contributed by atoms with Crippen molar-refractivity contribution in [3.05, 3.63) is 10.7 Å². The maximum atomic E-state index is 11.8. The van der Waals surface area contributed by atoms with Crippen molar-refractivity contribution in [2.75, 3.05) is 25.1 Å². The molecule has 0 radical (unpaired) electrons. The molecule has 3 heterocycles. The molecule has 0 bridgehead atoms. The molecule has 0 unspecified atom stereocenters. The molecule has 7 heteroatoms. The number of methoxy groups -OCH3 is 1. The van der Waals surface area contributed by atoms with Crippen molar-refractivity contribution in [2.24, 2.45) is 5.92 Å². The molecule has 2 aliphatic rings. The van der Waals surface area contributed by atoms with E-state index in [1.807, 2.05) is 0 Å². The van der Waals surface area contributed by atoms with E-state index in [2.05, 4.69) is 36.1 Å². The van der Waals surface area contributed by atoms with Crippen LogP contribution < -0.4 is 15.0 Å². The fourth-order valence-electron chi connectivity index (χ4n) is 2.82. The Balaban J connectivity index is 1.91. The maximum Gasteiger partial charge on any atom is 0.232 e. The molecule has 1 N–H and O–H groups in total. The normalized spacial score (nSPS) is 26.0. The van der Waals surface area contributed by atoms with E-state index < -0.39 is 0 Å². The minimum atomic E-state index is 0.0620. The number of nitrogens with one attached hydrogen (secondary N) is 1. The Labute approximate surface area is 119 Å². The third kappa shape index (κ3) is 2.16. The van der Waals surface area contributed by atoms with Gasteiger partial charge in [-0.1, -0.05) is 0 Å². The van der Waals surface area contributed by atoms with Gasteiger partial charge in [-0.05, 0) is 28.8 Å². The molecule has 102 valence electrons. The van der Waals surface area contributed by atoms with E-state index in [9.17, 15) is 4.79 Å². The van der Waals surface area contributed by atoms with Crippen LogP contribution in [0.2, 0.25) is 0 Å². The van der Waals surface area contributed by atoms with E-state index in [1.165, 1.54) is 0 Å². The van der Waals surface area contributed by atoms with Crippen LogP contribution in [0.5, 0.6) is 5.88 Å². The van der Waals surface area contributed by atoms with Crippen molar-refractivity contribution < 1.29 is 9.53 Å². The Morgan fingerprint density at radius 2 is 2.42 bits per heavy atom. The summed E-state index contributed by atoms with van der Waals surface area (Å²) in [5.74, 6) is 1.36. The van der Waals surface area contributed by atoms with Crippen LogP contribution in [0.15, 0.2) is 10.7 Å². The van der Waals surface area contributed by atoms with Crippen LogP contribution in [0.3, 0.4) is 0 Å². The highest BCUT2D eigenvalue weighted by Crippen LogP contribution is 2.31. The monoisotopic (exact) mass is 326 g/mol. The fourth-order valence-corrected chi connectivity index (χ4v) is 3.18. The number of hydrogen-bond acceptors (Lipinski definition) is 5. The second-order valence-electron chi connectivity index (χ2n) is 4.78. The molecule has 2 atom stereocenters. The lowest BCUT2D eigenvalue weighted by Crippen LogP contribution is -2.46. The molecular formula is C12H15BrN4O2. The first-order chi connectivity index (χ1) is 9.20. The van der Waals surface area contributed by atoms with Crippen molar-refractivity contribution >= 4 is 27.8 Å². The molecule has 6 nitrogen and oxygen atoms in total. The summed E-state index contributed by atoms with van der Waals surface area (Å²) in [4.78, 5) is 22.6. The van der Waals surface area contributed by atoms with Gasteiger partial charge in [0.15, 0.2) is 0 Å². The molecule has 0 aliphatic carbocycles. The van der Waals surface area contributed by atoms with E-state index in [0.29, 0.717) is 18.4 Å². The molecule has 0 spiro atoms. The zero-order valence-electron chi connectivity index (χ0n) is 10.6. The van der Waals surface area contributed by atoms with Gasteiger partial charge in [0, 0.05) is 13.1 Å². The highest BCUT2D eigenvalue weighted by Gasteiger charge is 2.41. The third-order valence-electron chi connectivity index (χ3n) is 3.75. The zero-order chi connectivity index (χ0) is 13.4. The summed E-state index contributed by atoms with van der Waals surface area (Å²) in [5, 5.41) is 2.92. The quantitative estimate of drug-likeness (QED) is 0.876. The molecule has 1 aromatic rings. The molecule has 2 fully saturated rings. The van der Waals surface area contributed by atoms with Gasteiger partial charge in [-0.25, -0.2) is 4.98 Å². The van der Waals surface area contributed by atoms with Crippen LogP contribution in [-0.2, 0) is 4.79 Å². The first-order valence-electron chi connectivity index (χ1n) is 6.31. The minimum Gasteiger partial charge on any atom is -0.480 e. The Kier molecular flexibility index (Phi) is 3.30. The number of carbonyl (C=O) groups is 1. The molecule has 2 aliphatic heterocycles. The fraction of sp³-hybridized carbons (Fsp3) is 0.583. The van der Waals surface area contributed by atoms with Crippen LogP contribution in [0, 0.1) is 5.92 Å². The lowest BCUT2D eigenvalue weighted by molar-refractivity contribution is -0.123. The van der Waals surface area contributed by atoms with Gasteiger partial charge in [0.05, 0.1) is 29.7 Å². The maximum absolute atomic E-state index is 11.8. The summed E-state index contributed by atoms with van der Waals surface area (Å²) < 4.78 is 5.93. The highest BCUT2D eigenvalue weighted by molar-refractivity contribution is 9.10. The minimum absolute atomic E-state index is 0.0620. The van der Waals surface area contributed by atoms with Gasteiger partial charge in [-0.2, -0.15) is 4.98 Å².